The number of benzene rings is 1. The molecular weight excluding hydrogens is 325 g/mol. The molecule has 1 N–H and O–H groups in total. The minimum atomic E-state index is -0.193. The maximum atomic E-state index is 13.1. The average molecular weight is 342 g/mol. The Kier molecular flexibility index (Phi) is 5.13. The van der Waals surface area contributed by atoms with Gasteiger partial charge in [-0.1, -0.05) is 19.1 Å². The van der Waals surface area contributed by atoms with Crippen molar-refractivity contribution in [3.05, 3.63) is 55.9 Å². The van der Waals surface area contributed by atoms with Crippen LogP contribution in [0, 0.1) is 12.7 Å². The number of hydrogen-bond acceptors (Lipinski definition) is 2. The molecule has 1 aromatic carbocycles. The Balaban J connectivity index is 2.35. The molecule has 1 aromatic heterocycles. The summed E-state index contributed by atoms with van der Waals surface area (Å²) < 4.78 is 14.2. The lowest BCUT2D eigenvalue weighted by Crippen LogP contribution is -2.23. The Morgan fingerprint density at radius 1 is 1.32 bits per heavy atom. The van der Waals surface area contributed by atoms with Gasteiger partial charge in [0.15, 0.2) is 0 Å². The molecule has 0 aliphatic rings. The van der Waals surface area contributed by atoms with Crippen molar-refractivity contribution in [2.24, 2.45) is 0 Å². The predicted octanol–water partition coefficient (Wildman–Crippen LogP) is 5.05. The van der Waals surface area contributed by atoms with E-state index in [0.717, 1.165) is 22.3 Å². The molecule has 1 unspecified atom stereocenters. The van der Waals surface area contributed by atoms with E-state index in [1.54, 1.807) is 11.3 Å². The van der Waals surface area contributed by atoms with Gasteiger partial charge in [0, 0.05) is 4.88 Å². The van der Waals surface area contributed by atoms with E-state index in [-0.39, 0.29) is 11.9 Å². The first kappa shape index (κ1) is 14.7. The van der Waals surface area contributed by atoms with E-state index in [1.165, 1.54) is 22.6 Å². The van der Waals surface area contributed by atoms with Crippen LogP contribution < -0.4 is 5.32 Å². The fourth-order valence-electron chi connectivity index (χ4n) is 2.10. The first-order valence-electron chi connectivity index (χ1n) is 6.36. The molecule has 0 saturated heterocycles. The quantitative estimate of drug-likeness (QED) is 0.802. The average Bonchev–Trinajstić information content (AvgIpc) is 2.71. The summed E-state index contributed by atoms with van der Waals surface area (Å²) in [5.74, 6) is -0.193. The monoisotopic (exact) mass is 341 g/mol. The van der Waals surface area contributed by atoms with Gasteiger partial charge in [-0.15, -0.1) is 11.3 Å². The summed E-state index contributed by atoms with van der Waals surface area (Å²) >= 11 is 5.27. The van der Waals surface area contributed by atoms with Gasteiger partial charge in [0.05, 0.1) is 9.83 Å². The zero-order chi connectivity index (χ0) is 13.8. The number of hydrogen-bond donors (Lipinski definition) is 1. The van der Waals surface area contributed by atoms with E-state index in [1.807, 2.05) is 12.1 Å². The summed E-state index contributed by atoms with van der Waals surface area (Å²) in [6.45, 7) is 5.20. The minimum Gasteiger partial charge on any atom is -0.306 e. The second-order valence-electron chi connectivity index (χ2n) is 4.50. The van der Waals surface area contributed by atoms with Crippen molar-refractivity contribution < 1.29 is 4.39 Å². The van der Waals surface area contributed by atoms with Crippen LogP contribution in [0.4, 0.5) is 4.39 Å². The highest BCUT2D eigenvalue weighted by atomic mass is 79.9. The topological polar surface area (TPSA) is 12.0 Å². The first-order valence-corrected chi connectivity index (χ1v) is 7.97. The molecule has 1 heterocycles. The molecule has 0 amide bonds. The van der Waals surface area contributed by atoms with Crippen LogP contribution in [0.3, 0.4) is 0 Å². The Morgan fingerprint density at radius 2 is 2.00 bits per heavy atom. The number of aryl methyl sites for hydroxylation is 1. The summed E-state index contributed by atoms with van der Waals surface area (Å²) in [5, 5.41) is 3.54. The Morgan fingerprint density at radius 3 is 2.53 bits per heavy atom. The highest BCUT2D eigenvalue weighted by Crippen LogP contribution is 2.33. The largest absolute Gasteiger partial charge is 0.306 e. The maximum absolute atomic E-state index is 13.1. The van der Waals surface area contributed by atoms with Gasteiger partial charge in [-0.2, -0.15) is 0 Å². The van der Waals surface area contributed by atoms with E-state index in [9.17, 15) is 4.39 Å². The van der Waals surface area contributed by atoms with E-state index in [2.05, 4.69) is 41.2 Å². The van der Waals surface area contributed by atoms with Crippen molar-refractivity contribution in [3.8, 4) is 0 Å². The van der Waals surface area contributed by atoms with Crippen molar-refractivity contribution >= 4 is 27.3 Å². The molecule has 2 aromatic rings. The van der Waals surface area contributed by atoms with Crippen LogP contribution in [-0.4, -0.2) is 6.54 Å². The van der Waals surface area contributed by atoms with Crippen LogP contribution in [0.25, 0.3) is 0 Å². The lowest BCUT2D eigenvalue weighted by molar-refractivity contribution is 0.592. The normalized spacial score (nSPS) is 12.6. The summed E-state index contributed by atoms with van der Waals surface area (Å²) in [7, 11) is 0. The second kappa shape index (κ2) is 6.64. The molecule has 0 spiro atoms. The van der Waals surface area contributed by atoms with Crippen molar-refractivity contribution in [3.63, 3.8) is 0 Å². The third-order valence-electron chi connectivity index (χ3n) is 3.04. The number of halogens is 2. The summed E-state index contributed by atoms with van der Waals surface area (Å²) in [4.78, 5) is 1.28. The molecule has 0 bridgehead atoms. The van der Waals surface area contributed by atoms with Gasteiger partial charge in [-0.3, -0.25) is 0 Å². The summed E-state index contributed by atoms with van der Waals surface area (Å²) in [5.41, 5.74) is 2.36. The van der Waals surface area contributed by atoms with Crippen LogP contribution in [0.5, 0.6) is 0 Å². The van der Waals surface area contributed by atoms with Crippen molar-refractivity contribution in [1.29, 1.82) is 0 Å². The molecule has 2 rings (SSSR count). The van der Waals surface area contributed by atoms with Crippen LogP contribution in [0.2, 0.25) is 0 Å². The molecule has 1 nitrogen and oxygen atoms in total. The number of nitrogens with one attached hydrogen (secondary N) is 1. The fraction of sp³-hybridized carbons (Fsp3) is 0.333. The van der Waals surface area contributed by atoms with Crippen LogP contribution in [0.1, 0.15) is 35.4 Å². The first-order chi connectivity index (χ1) is 9.11. The van der Waals surface area contributed by atoms with Gasteiger partial charge in [-0.05, 0) is 65.1 Å². The molecule has 102 valence electrons. The van der Waals surface area contributed by atoms with Gasteiger partial charge < -0.3 is 5.32 Å². The zero-order valence-electron chi connectivity index (χ0n) is 11.0. The van der Waals surface area contributed by atoms with E-state index < -0.39 is 0 Å². The molecule has 19 heavy (non-hydrogen) atoms. The molecule has 0 radical (unpaired) electrons. The zero-order valence-corrected chi connectivity index (χ0v) is 13.4. The van der Waals surface area contributed by atoms with Crippen molar-refractivity contribution in [2.45, 2.75) is 26.3 Å². The van der Waals surface area contributed by atoms with Gasteiger partial charge in [0.25, 0.3) is 0 Å². The minimum absolute atomic E-state index is 0.128. The van der Waals surface area contributed by atoms with Gasteiger partial charge in [-0.25, -0.2) is 4.39 Å². The lowest BCUT2D eigenvalue weighted by Gasteiger charge is -2.19. The SMILES string of the molecule is CCCNC(c1ccc(F)cc1)c1cc(Br)sc1C. The van der Waals surface area contributed by atoms with Gasteiger partial charge in [0.2, 0.25) is 0 Å². The number of rotatable bonds is 5. The second-order valence-corrected chi connectivity index (χ2v) is 7.14. The third kappa shape index (κ3) is 3.65. The molecule has 0 aliphatic carbocycles. The molecule has 4 heteroatoms. The Labute approximate surface area is 126 Å². The maximum Gasteiger partial charge on any atom is 0.123 e. The molecule has 0 saturated carbocycles. The van der Waals surface area contributed by atoms with Crippen LogP contribution >= 0.6 is 27.3 Å². The molecule has 1 atom stereocenters. The Hall–Kier alpha value is -0.710. The molecule has 0 aliphatic heterocycles. The van der Waals surface area contributed by atoms with Gasteiger partial charge in [0.1, 0.15) is 5.82 Å². The fourth-order valence-corrected chi connectivity index (χ4v) is 3.84. The highest BCUT2D eigenvalue weighted by molar-refractivity contribution is 9.11. The molecular formula is C15H17BrFNS. The van der Waals surface area contributed by atoms with E-state index >= 15 is 0 Å². The van der Waals surface area contributed by atoms with E-state index in [4.69, 9.17) is 0 Å². The van der Waals surface area contributed by atoms with Crippen molar-refractivity contribution in [1.82, 2.24) is 5.32 Å². The third-order valence-corrected chi connectivity index (χ3v) is 4.61. The van der Waals surface area contributed by atoms with Gasteiger partial charge >= 0.3 is 0 Å². The van der Waals surface area contributed by atoms with Crippen LogP contribution in [0.15, 0.2) is 34.1 Å². The summed E-state index contributed by atoms with van der Waals surface area (Å²) in [6.07, 6.45) is 1.07. The highest BCUT2D eigenvalue weighted by Gasteiger charge is 2.17. The Bertz CT molecular complexity index is 536. The lowest BCUT2D eigenvalue weighted by atomic mass is 9.99. The van der Waals surface area contributed by atoms with Crippen LogP contribution in [-0.2, 0) is 0 Å². The number of thiophene rings is 1. The van der Waals surface area contributed by atoms with Crippen molar-refractivity contribution in [2.75, 3.05) is 6.54 Å². The standard InChI is InChI=1S/C15H17BrFNS/c1-3-8-18-15(11-4-6-12(17)7-5-11)13-9-14(16)19-10(13)2/h4-7,9,15,18H,3,8H2,1-2H3. The smallest absolute Gasteiger partial charge is 0.123 e. The molecule has 0 fully saturated rings. The predicted molar refractivity (Wildman–Crippen MR) is 83.3 cm³/mol. The van der Waals surface area contributed by atoms with E-state index in [0.29, 0.717) is 0 Å². The summed E-state index contributed by atoms with van der Waals surface area (Å²) in [6, 6.07) is 9.03.